The molecule has 0 aliphatic carbocycles. The summed E-state index contributed by atoms with van der Waals surface area (Å²) < 4.78 is 12.1. The SMILES string of the molecule is COc1ccc(Cl)cc1NC(=O)c1oc2ccccc2c1CSc1nnc(C)s1. The van der Waals surface area contributed by atoms with E-state index in [0.29, 0.717) is 27.8 Å². The van der Waals surface area contributed by atoms with Gasteiger partial charge in [-0.15, -0.1) is 10.2 Å². The molecule has 0 atom stereocenters. The molecule has 0 spiro atoms. The Morgan fingerprint density at radius 3 is 2.86 bits per heavy atom. The van der Waals surface area contributed by atoms with E-state index in [1.165, 1.54) is 30.2 Å². The predicted molar refractivity (Wildman–Crippen MR) is 116 cm³/mol. The fourth-order valence-corrected chi connectivity index (χ4v) is 4.87. The Kier molecular flexibility index (Phi) is 5.75. The maximum Gasteiger partial charge on any atom is 0.291 e. The third kappa shape index (κ3) is 4.24. The quantitative estimate of drug-likeness (QED) is 0.378. The summed E-state index contributed by atoms with van der Waals surface area (Å²) in [5, 5.41) is 13.3. The van der Waals surface area contributed by atoms with Crippen molar-refractivity contribution in [1.29, 1.82) is 0 Å². The number of aryl methyl sites for hydroxylation is 1. The fraction of sp³-hybridized carbons (Fsp3) is 0.150. The molecule has 6 nitrogen and oxygen atoms in total. The van der Waals surface area contributed by atoms with Crippen LogP contribution in [-0.2, 0) is 5.75 Å². The number of carbonyl (C=O) groups is 1. The molecule has 0 radical (unpaired) electrons. The van der Waals surface area contributed by atoms with E-state index >= 15 is 0 Å². The Labute approximate surface area is 180 Å². The van der Waals surface area contributed by atoms with Gasteiger partial charge in [-0.05, 0) is 31.2 Å². The minimum atomic E-state index is -0.370. The average molecular weight is 446 g/mol. The molecule has 0 aliphatic rings. The van der Waals surface area contributed by atoms with Crippen molar-refractivity contribution < 1.29 is 13.9 Å². The van der Waals surface area contributed by atoms with Gasteiger partial charge in [0.1, 0.15) is 16.3 Å². The van der Waals surface area contributed by atoms with Gasteiger partial charge in [-0.1, -0.05) is 52.9 Å². The number of ether oxygens (including phenoxy) is 1. The first-order valence-corrected chi connectivity index (χ1v) is 10.8. The van der Waals surface area contributed by atoms with Crippen molar-refractivity contribution in [3.8, 4) is 5.75 Å². The van der Waals surface area contributed by atoms with Crippen LogP contribution in [0.5, 0.6) is 5.75 Å². The number of anilines is 1. The number of para-hydroxylation sites is 1. The van der Waals surface area contributed by atoms with Gasteiger partial charge < -0.3 is 14.5 Å². The summed E-state index contributed by atoms with van der Waals surface area (Å²) in [5.74, 6) is 0.924. The van der Waals surface area contributed by atoms with Crippen molar-refractivity contribution in [2.24, 2.45) is 0 Å². The van der Waals surface area contributed by atoms with Crippen molar-refractivity contribution in [3.63, 3.8) is 0 Å². The molecule has 148 valence electrons. The van der Waals surface area contributed by atoms with Crippen molar-refractivity contribution in [3.05, 3.63) is 63.8 Å². The van der Waals surface area contributed by atoms with Gasteiger partial charge in [0, 0.05) is 21.7 Å². The van der Waals surface area contributed by atoms with Gasteiger partial charge in [0.25, 0.3) is 5.91 Å². The lowest BCUT2D eigenvalue weighted by Crippen LogP contribution is -2.13. The molecule has 0 fully saturated rings. The van der Waals surface area contributed by atoms with E-state index in [2.05, 4.69) is 15.5 Å². The number of rotatable bonds is 6. The standard InChI is InChI=1S/C20H16ClN3O3S2/c1-11-23-24-20(29-11)28-10-14-13-5-3-4-6-16(13)27-18(14)19(25)22-15-9-12(21)7-8-17(15)26-2/h3-9H,10H2,1-2H3,(H,22,25). The highest BCUT2D eigenvalue weighted by Crippen LogP contribution is 2.34. The van der Waals surface area contributed by atoms with Crippen LogP contribution >= 0.6 is 34.7 Å². The van der Waals surface area contributed by atoms with E-state index in [9.17, 15) is 4.79 Å². The summed E-state index contributed by atoms with van der Waals surface area (Å²) in [6.45, 7) is 1.91. The Hall–Kier alpha value is -2.55. The van der Waals surface area contributed by atoms with Gasteiger partial charge >= 0.3 is 0 Å². The fourth-order valence-electron chi connectivity index (χ4n) is 2.85. The number of furan rings is 1. The average Bonchev–Trinajstić information content (AvgIpc) is 3.30. The third-order valence-corrected chi connectivity index (χ3v) is 6.40. The van der Waals surface area contributed by atoms with Crippen LogP contribution in [-0.4, -0.2) is 23.2 Å². The Bertz CT molecular complexity index is 1190. The number of nitrogens with one attached hydrogen (secondary N) is 1. The van der Waals surface area contributed by atoms with Crippen LogP contribution in [0.15, 0.2) is 51.2 Å². The third-order valence-electron chi connectivity index (χ3n) is 4.16. The van der Waals surface area contributed by atoms with E-state index in [-0.39, 0.29) is 11.7 Å². The molecular weight excluding hydrogens is 430 g/mol. The number of carbonyl (C=O) groups excluding carboxylic acids is 1. The molecule has 1 amide bonds. The highest BCUT2D eigenvalue weighted by atomic mass is 35.5. The number of fused-ring (bicyclic) bond motifs is 1. The normalized spacial score (nSPS) is 11.0. The Balaban J connectivity index is 1.67. The van der Waals surface area contributed by atoms with Gasteiger partial charge in [0.05, 0.1) is 12.8 Å². The maximum atomic E-state index is 13.1. The molecule has 2 aromatic heterocycles. The molecule has 0 bridgehead atoms. The van der Waals surface area contributed by atoms with Crippen molar-refractivity contribution in [1.82, 2.24) is 10.2 Å². The molecule has 9 heteroatoms. The van der Waals surface area contributed by atoms with Crippen LogP contribution in [0.1, 0.15) is 21.1 Å². The number of halogens is 1. The topological polar surface area (TPSA) is 77.2 Å². The Morgan fingerprint density at radius 2 is 2.10 bits per heavy atom. The van der Waals surface area contributed by atoms with E-state index < -0.39 is 0 Å². The number of benzene rings is 2. The van der Waals surface area contributed by atoms with E-state index in [4.69, 9.17) is 20.8 Å². The number of amides is 1. The molecule has 0 saturated carbocycles. The number of thioether (sulfide) groups is 1. The van der Waals surface area contributed by atoms with Gasteiger partial charge in [-0.2, -0.15) is 0 Å². The zero-order valence-corrected chi connectivity index (χ0v) is 18.0. The second kappa shape index (κ2) is 8.44. The van der Waals surface area contributed by atoms with E-state index in [1.807, 2.05) is 31.2 Å². The second-order valence-electron chi connectivity index (χ2n) is 6.08. The van der Waals surface area contributed by atoms with Crippen molar-refractivity contribution in [2.45, 2.75) is 17.0 Å². The first-order valence-electron chi connectivity index (χ1n) is 8.63. The molecule has 0 aliphatic heterocycles. The summed E-state index contributed by atoms with van der Waals surface area (Å²) in [4.78, 5) is 13.1. The molecule has 4 aromatic rings. The second-order valence-corrected chi connectivity index (χ2v) is 8.92. The lowest BCUT2D eigenvalue weighted by Gasteiger charge is -2.10. The minimum absolute atomic E-state index is 0.252. The zero-order valence-electron chi connectivity index (χ0n) is 15.6. The lowest BCUT2D eigenvalue weighted by atomic mass is 10.1. The molecule has 0 saturated heterocycles. The summed E-state index contributed by atoms with van der Waals surface area (Å²) >= 11 is 9.11. The van der Waals surface area contributed by atoms with Gasteiger partial charge in [-0.25, -0.2) is 0 Å². The lowest BCUT2D eigenvalue weighted by molar-refractivity contribution is 0.0997. The van der Waals surface area contributed by atoms with Crippen LogP contribution < -0.4 is 10.1 Å². The largest absolute Gasteiger partial charge is 0.495 e. The predicted octanol–water partition coefficient (Wildman–Crippen LogP) is 5.80. The van der Waals surface area contributed by atoms with Gasteiger partial charge in [0.15, 0.2) is 10.1 Å². The van der Waals surface area contributed by atoms with Crippen LogP contribution in [0.3, 0.4) is 0 Å². The van der Waals surface area contributed by atoms with Crippen LogP contribution in [0.25, 0.3) is 11.0 Å². The number of aromatic nitrogens is 2. The zero-order chi connectivity index (χ0) is 20.4. The highest BCUT2D eigenvalue weighted by molar-refractivity contribution is 8.00. The summed E-state index contributed by atoms with van der Waals surface area (Å²) in [6, 6.07) is 12.6. The number of hydrogen-bond acceptors (Lipinski definition) is 7. The molecule has 4 rings (SSSR count). The minimum Gasteiger partial charge on any atom is -0.495 e. The number of nitrogens with zero attached hydrogens (tertiary/aromatic N) is 2. The highest BCUT2D eigenvalue weighted by Gasteiger charge is 2.22. The molecule has 1 N–H and O–H groups in total. The summed E-state index contributed by atoms with van der Waals surface area (Å²) in [6.07, 6.45) is 0. The number of methoxy groups -OCH3 is 1. The van der Waals surface area contributed by atoms with E-state index in [0.717, 1.165) is 20.3 Å². The van der Waals surface area contributed by atoms with Gasteiger partial charge in [0.2, 0.25) is 0 Å². The van der Waals surface area contributed by atoms with Crippen LogP contribution in [0, 0.1) is 6.92 Å². The first kappa shape index (κ1) is 19.8. The maximum absolute atomic E-state index is 13.1. The number of hydrogen-bond donors (Lipinski definition) is 1. The molecule has 2 aromatic carbocycles. The van der Waals surface area contributed by atoms with Crippen LogP contribution in [0.4, 0.5) is 5.69 Å². The first-order chi connectivity index (χ1) is 14.0. The monoisotopic (exact) mass is 445 g/mol. The Morgan fingerprint density at radius 1 is 1.28 bits per heavy atom. The smallest absolute Gasteiger partial charge is 0.291 e. The van der Waals surface area contributed by atoms with E-state index in [1.54, 1.807) is 18.2 Å². The molecule has 2 heterocycles. The molecule has 29 heavy (non-hydrogen) atoms. The van der Waals surface area contributed by atoms with Gasteiger partial charge in [-0.3, -0.25) is 4.79 Å². The van der Waals surface area contributed by atoms with Crippen LogP contribution in [0.2, 0.25) is 5.02 Å². The van der Waals surface area contributed by atoms with Crippen molar-refractivity contribution >= 4 is 57.3 Å². The summed E-state index contributed by atoms with van der Waals surface area (Å²) in [5.41, 5.74) is 1.93. The summed E-state index contributed by atoms with van der Waals surface area (Å²) in [7, 11) is 1.53. The molecule has 0 unspecified atom stereocenters. The van der Waals surface area contributed by atoms with Crippen molar-refractivity contribution in [2.75, 3.05) is 12.4 Å². The molecular formula is C20H16ClN3O3S2.